The third kappa shape index (κ3) is 5.84. The summed E-state index contributed by atoms with van der Waals surface area (Å²) in [5.41, 5.74) is 2.33. The van der Waals surface area contributed by atoms with Crippen LogP contribution in [0.3, 0.4) is 0 Å². The van der Waals surface area contributed by atoms with Crippen LogP contribution in [-0.2, 0) is 22.5 Å². The molecule has 0 aromatic heterocycles. The average Bonchev–Trinajstić information content (AvgIpc) is 2.67. The standard InChI is InChI=1S/C21H25ClN2O2/c22-19-8-4-7-18(13-19)15-23-21(25)14-20-16-26-12-11-24(20)10-9-17-5-2-1-3-6-17/h1-8,13,20H,9-12,14-16H2,(H,23,25)/t20-/m1/s1. The van der Waals surface area contributed by atoms with Crippen molar-refractivity contribution in [3.63, 3.8) is 0 Å². The third-order valence-corrected chi connectivity index (χ3v) is 4.91. The molecule has 5 heteroatoms. The minimum absolute atomic E-state index is 0.0465. The number of hydrogen-bond donors (Lipinski definition) is 1. The first-order valence-corrected chi connectivity index (χ1v) is 9.45. The molecule has 0 spiro atoms. The maximum atomic E-state index is 12.4. The number of halogens is 1. The lowest BCUT2D eigenvalue weighted by Crippen LogP contribution is -2.48. The van der Waals surface area contributed by atoms with E-state index in [2.05, 4.69) is 34.5 Å². The van der Waals surface area contributed by atoms with Gasteiger partial charge in [-0.2, -0.15) is 0 Å². The fraction of sp³-hybridized carbons (Fsp3) is 0.381. The molecule has 1 atom stereocenters. The van der Waals surface area contributed by atoms with E-state index in [0.29, 0.717) is 24.6 Å². The van der Waals surface area contributed by atoms with Gasteiger partial charge >= 0.3 is 0 Å². The van der Waals surface area contributed by atoms with E-state index in [1.165, 1.54) is 5.56 Å². The number of hydrogen-bond acceptors (Lipinski definition) is 3. The number of rotatable bonds is 7. The molecule has 1 saturated heterocycles. The molecular formula is C21H25ClN2O2. The van der Waals surface area contributed by atoms with Crippen LogP contribution in [0.1, 0.15) is 17.5 Å². The first-order chi connectivity index (χ1) is 12.7. The molecule has 2 aromatic carbocycles. The molecule has 1 aliphatic heterocycles. The molecule has 0 aliphatic carbocycles. The van der Waals surface area contributed by atoms with Crippen molar-refractivity contribution in [1.82, 2.24) is 10.2 Å². The van der Waals surface area contributed by atoms with E-state index in [1.807, 2.05) is 30.3 Å². The van der Waals surface area contributed by atoms with Gasteiger partial charge in [-0.25, -0.2) is 0 Å². The topological polar surface area (TPSA) is 41.6 Å². The molecule has 1 heterocycles. The van der Waals surface area contributed by atoms with Crippen LogP contribution < -0.4 is 5.32 Å². The van der Waals surface area contributed by atoms with E-state index in [-0.39, 0.29) is 11.9 Å². The molecule has 1 N–H and O–H groups in total. The van der Waals surface area contributed by atoms with E-state index in [0.717, 1.165) is 31.7 Å². The lowest BCUT2D eigenvalue weighted by molar-refractivity contribution is -0.124. The predicted octanol–water partition coefficient (Wildman–Crippen LogP) is 3.29. The van der Waals surface area contributed by atoms with Gasteiger partial charge in [0.1, 0.15) is 0 Å². The highest BCUT2D eigenvalue weighted by molar-refractivity contribution is 6.30. The van der Waals surface area contributed by atoms with Crippen molar-refractivity contribution >= 4 is 17.5 Å². The average molecular weight is 373 g/mol. The van der Waals surface area contributed by atoms with Gasteiger partial charge in [-0.3, -0.25) is 9.69 Å². The van der Waals surface area contributed by atoms with Gasteiger partial charge in [-0.15, -0.1) is 0 Å². The summed E-state index contributed by atoms with van der Waals surface area (Å²) in [5.74, 6) is 0.0465. The van der Waals surface area contributed by atoms with Crippen LogP contribution in [0.25, 0.3) is 0 Å². The van der Waals surface area contributed by atoms with Gasteiger partial charge in [-0.1, -0.05) is 54.1 Å². The van der Waals surface area contributed by atoms with Crippen LogP contribution in [-0.4, -0.2) is 43.2 Å². The second-order valence-electron chi connectivity index (χ2n) is 6.61. The molecule has 2 aromatic rings. The number of amides is 1. The number of nitrogens with zero attached hydrogens (tertiary/aromatic N) is 1. The van der Waals surface area contributed by atoms with Gasteiger partial charge in [0.2, 0.25) is 5.91 Å². The molecule has 0 radical (unpaired) electrons. The molecular weight excluding hydrogens is 348 g/mol. The Balaban J connectivity index is 1.48. The SMILES string of the molecule is O=C(C[C@@H]1COCCN1CCc1ccccc1)NCc1cccc(Cl)c1. The highest BCUT2D eigenvalue weighted by atomic mass is 35.5. The largest absolute Gasteiger partial charge is 0.378 e. The van der Waals surface area contributed by atoms with Crippen LogP contribution in [0.5, 0.6) is 0 Å². The number of morpholine rings is 1. The molecule has 4 nitrogen and oxygen atoms in total. The smallest absolute Gasteiger partial charge is 0.221 e. The number of carbonyl (C=O) groups is 1. The predicted molar refractivity (Wildman–Crippen MR) is 104 cm³/mol. The van der Waals surface area contributed by atoms with E-state index >= 15 is 0 Å². The molecule has 0 unspecified atom stereocenters. The minimum Gasteiger partial charge on any atom is -0.378 e. The second-order valence-corrected chi connectivity index (χ2v) is 7.05. The van der Waals surface area contributed by atoms with Gasteiger partial charge in [0, 0.05) is 37.1 Å². The monoisotopic (exact) mass is 372 g/mol. The molecule has 1 aliphatic rings. The van der Waals surface area contributed by atoms with Crippen molar-refractivity contribution in [1.29, 1.82) is 0 Å². The van der Waals surface area contributed by atoms with Crippen LogP contribution >= 0.6 is 11.6 Å². The zero-order chi connectivity index (χ0) is 18.2. The van der Waals surface area contributed by atoms with Crippen molar-refractivity contribution < 1.29 is 9.53 Å². The first-order valence-electron chi connectivity index (χ1n) is 9.07. The zero-order valence-corrected chi connectivity index (χ0v) is 15.6. The molecule has 3 rings (SSSR count). The summed E-state index contributed by atoms with van der Waals surface area (Å²) in [6, 6.07) is 18.1. The van der Waals surface area contributed by atoms with E-state index in [9.17, 15) is 4.79 Å². The molecule has 138 valence electrons. The van der Waals surface area contributed by atoms with Gasteiger partial charge in [0.15, 0.2) is 0 Å². The quantitative estimate of drug-likeness (QED) is 0.810. The summed E-state index contributed by atoms with van der Waals surface area (Å²) in [6.07, 6.45) is 1.44. The lowest BCUT2D eigenvalue weighted by Gasteiger charge is -2.35. The summed E-state index contributed by atoms with van der Waals surface area (Å²) in [6.45, 7) is 3.66. The summed E-state index contributed by atoms with van der Waals surface area (Å²) >= 11 is 5.98. The summed E-state index contributed by atoms with van der Waals surface area (Å²) in [5, 5.41) is 3.67. The van der Waals surface area contributed by atoms with Crippen molar-refractivity contribution in [2.75, 3.05) is 26.3 Å². The van der Waals surface area contributed by atoms with E-state index in [1.54, 1.807) is 0 Å². The van der Waals surface area contributed by atoms with Crippen molar-refractivity contribution in [2.24, 2.45) is 0 Å². The van der Waals surface area contributed by atoms with Crippen LogP contribution in [0.4, 0.5) is 0 Å². The van der Waals surface area contributed by atoms with Crippen molar-refractivity contribution in [3.8, 4) is 0 Å². The molecule has 1 fully saturated rings. The number of nitrogens with one attached hydrogen (secondary N) is 1. The fourth-order valence-corrected chi connectivity index (χ4v) is 3.44. The summed E-state index contributed by atoms with van der Waals surface area (Å²) < 4.78 is 5.60. The third-order valence-electron chi connectivity index (χ3n) is 4.68. The van der Waals surface area contributed by atoms with Gasteiger partial charge < -0.3 is 10.1 Å². The number of carbonyl (C=O) groups excluding carboxylic acids is 1. The summed E-state index contributed by atoms with van der Waals surface area (Å²) in [4.78, 5) is 14.7. The van der Waals surface area contributed by atoms with E-state index < -0.39 is 0 Å². The van der Waals surface area contributed by atoms with Crippen LogP contribution in [0.15, 0.2) is 54.6 Å². The first kappa shape index (κ1) is 18.9. The number of benzene rings is 2. The highest BCUT2D eigenvalue weighted by Gasteiger charge is 2.25. The number of ether oxygens (including phenoxy) is 1. The Bertz CT molecular complexity index is 708. The molecule has 0 saturated carbocycles. The van der Waals surface area contributed by atoms with Crippen molar-refractivity contribution in [2.45, 2.75) is 25.4 Å². The Labute approximate surface area is 160 Å². The zero-order valence-electron chi connectivity index (χ0n) is 14.9. The molecule has 0 bridgehead atoms. The second kappa shape index (κ2) is 9.72. The Morgan fingerprint density at radius 2 is 1.96 bits per heavy atom. The maximum Gasteiger partial charge on any atom is 0.221 e. The van der Waals surface area contributed by atoms with Crippen LogP contribution in [0, 0.1) is 0 Å². The van der Waals surface area contributed by atoms with Gasteiger partial charge in [0.05, 0.1) is 13.2 Å². The molecule has 1 amide bonds. The van der Waals surface area contributed by atoms with Gasteiger partial charge in [0.25, 0.3) is 0 Å². The lowest BCUT2D eigenvalue weighted by atomic mass is 10.1. The summed E-state index contributed by atoms with van der Waals surface area (Å²) in [7, 11) is 0. The van der Waals surface area contributed by atoms with Crippen LogP contribution in [0.2, 0.25) is 5.02 Å². The Hall–Kier alpha value is -1.88. The maximum absolute atomic E-state index is 12.4. The van der Waals surface area contributed by atoms with E-state index in [4.69, 9.17) is 16.3 Å². The normalized spacial score (nSPS) is 17.8. The highest BCUT2D eigenvalue weighted by Crippen LogP contribution is 2.13. The Morgan fingerprint density at radius 3 is 2.77 bits per heavy atom. The Morgan fingerprint density at radius 1 is 1.15 bits per heavy atom. The van der Waals surface area contributed by atoms with Crippen molar-refractivity contribution in [3.05, 3.63) is 70.7 Å². The fourth-order valence-electron chi connectivity index (χ4n) is 3.22. The van der Waals surface area contributed by atoms with Gasteiger partial charge in [-0.05, 0) is 29.7 Å². The Kier molecular flexibility index (Phi) is 7.06. The molecule has 26 heavy (non-hydrogen) atoms. The minimum atomic E-state index is 0.0465.